The third kappa shape index (κ3) is 8.27. The van der Waals surface area contributed by atoms with Crippen molar-refractivity contribution in [3.63, 3.8) is 0 Å². The Kier molecular flexibility index (Phi) is 13.7. The summed E-state index contributed by atoms with van der Waals surface area (Å²) in [6, 6.07) is 18.1. The number of aromatic nitrogens is 1. The number of fused-ring (bicyclic) bond motifs is 4. The summed E-state index contributed by atoms with van der Waals surface area (Å²) in [7, 11) is 4.43. The monoisotopic (exact) mass is 881 g/mol. The summed E-state index contributed by atoms with van der Waals surface area (Å²) in [5, 5.41) is 15.0. The number of ketones is 1. The van der Waals surface area contributed by atoms with Gasteiger partial charge in [-0.2, -0.15) is 12.5 Å². The van der Waals surface area contributed by atoms with Crippen LogP contribution in [0.2, 0.25) is 0 Å². The number of hydrogen-bond acceptors (Lipinski definition) is 3. The van der Waals surface area contributed by atoms with Gasteiger partial charge in [-0.1, -0.05) is 103 Å². The number of pyridine rings is 1. The minimum Gasteiger partial charge on any atom is -0.512 e. The van der Waals surface area contributed by atoms with Crippen molar-refractivity contribution in [2.75, 3.05) is 0 Å². The van der Waals surface area contributed by atoms with Gasteiger partial charge in [0.25, 0.3) is 0 Å². The van der Waals surface area contributed by atoms with Gasteiger partial charge >= 0.3 is 0 Å². The zero-order valence-corrected chi connectivity index (χ0v) is 35.3. The number of rotatable bonds is 9. The Labute approximate surface area is 324 Å². The second-order valence-corrected chi connectivity index (χ2v) is 16.4. The molecule has 0 unspecified atom stereocenters. The van der Waals surface area contributed by atoms with Crippen LogP contribution in [0.15, 0.2) is 66.6 Å². The number of nitrogens with zero attached hydrogens (tertiary/aromatic N) is 1. The summed E-state index contributed by atoms with van der Waals surface area (Å²) < 4.78 is 4.79. The fourth-order valence-electron chi connectivity index (χ4n) is 8.04. The number of carbonyl (C=O) groups is 1. The summed E-state index contributed by atoms with van der Waals surface area (Å²) in [6.45, 7) is 21.9. The molecule has 6 rings (SSSR count). The molecule has 1 fully saturated rings. The second-order valence-electron chi connectivity index (χ2n) is 15.4. The molecule has 0 bridgehead atoms. The molecule has 0 saturated heterocycles. The predicted octanol–water partition coefficient (Wildman–Crippen LogP) is 13.1. The van der Waals surface area contributed by atoms with Crippen LogP contribution in [0.4, 0.5) is 0 Å². The molecule has 5 heteroatoms. The maximum Gasteiger partial charge on any atom is 0.162 e. The summed E-state index contributed by atoms with van der Waals surface area (Å²) >= 11 is 1.94. The van der Waals surface area contributed by atoms with Crippen molar-refractivity contribution < 1.29 is 34.6 Å². The smallest absolute Gasteiger partial charge is 0.162 e. The number of aliphatic hydroxyl groups is 1. The molecular formula is C46H58IrNO2S-. The number of carbonyl (C=O) groups excluding carboxylic acids is 1. The van der Waals surface area contributed by atoms with E-state index < -0.39 is 0 Å². The zero-order valence-electron chi connectivity index (χ0n) is 32.1. The molecule has 2 heterocycles. The Morgan fingerprint density at radius 2 is 1.49 bits per heavy atom. The number of aryl methyl sites for hydroxylation is 1. The zero-order chi connectivity index (χ0) is 36.3. The molecule has 0 atom stereocenters. The van der Waals surface area contributed by atoms with Crippen molar-refractivity contribution in [3.05, 3.63) is 103 Å². The standard InChI is InChI=1S/C33H34NS.C13H24O2.Ir/c1-20-24-13-9-10-14-25(24)29(33(3,4)5)19-28(20)30-32-27(17-18-34(30)6)26-16-15-23(21(2)31(26)35-32)22-11-7-8-12-22;1-5-10(6-2)12(14)9-13(15)11(7-3)8-4;/h9-10,13-19,22H,1,6-8,11-12H2,2-5H3;9-11,14H,5-8H2,1-4H3;/q-1;;/b;12-9-;. The molecule has 5 aromatic rings. The van der Waals surface area contributed by atoms with Gasteiger partial charge < -0.3 is 9.67 Å². The van der Waals surface area contributed by atoms with Gasteiger partial charge in [0.05, 0.1) is 17.6 Å². The molecule has 0 amide bonds. The predicted molar refractivity (Wildman–Crippen MR) is 216 cm³/mol. The van der Waals surface area contributed by atoms with Crippen molar-refractivity contribution in [3.8, 4) is 11.3 Å². The molecule has 0 aliphatic heterocycles. The van der Waals surface area contributed by atoms with E-state index >= 15 is 0 Å². The van der Waals surface area contributed by atoms with Gasteiger partial charge in [-0.25, -0.2) is 0 Å². The first-order valence-corrected chi connectivity index (χ1v) is 19.7. The average Bonchev–Trinajstić information content (AvgIpc) is 3.76. The van der Waals surface area contributed by atoms with Gasteiger partial charge in [0.1, 0.15) is 0 Å². The van der Waals surface area contributed by atoms with E-state index in [1.165, 1.54) is 85.1 Å². The molecule has 1 aliphatic carbocycles. The summed E-state index contributed by atoms with van der Waals surface area (Å²) in [5.41, 5.74) is 7.86. The van der Waals surface area contributed by atoms with E-state index in [-0.39, 0.29) is 48.9 Å². The molecule has 1 radical (unpaired) electrons. The third-order valence-corrected chi connectivity index (χ3v) is 12.6. The fraction of sp³-hybridized carbons (Fsp3) is 0.435. The topological polar surface area (TPSA) is 41.2 Å². The van der Waals surface area contributed by atoms with Crippen molar-refractivity contribution in [2.45, 2.75) is 118 Å². The maximum atomic E-state index is 11.7. The number of benzene rings is 3. The van der Waals surface area contributed by atoms with Crippen LogP contribution >= 0.6 is 11.3 Å². The first-order chi connectivity index (χ1) is 23.9. The van der Waals surface area contributed by atoms with E-state index in [2.05, 4.69) is 101 Å². The van der Waals surface area contributed by atoms with Crippen LogP contribution < -0.4 is 4.57 Å². The van der Waals surface area contributed by atoms with Gasteiger partial charge in [-0.3, -0.25) is 4.79 Å². The van der Waals surface area contributed by atoms with Crippen LogP contribution in [0.5, 0.6) is 0 Å². The van der Waals surface area contributed by atoms with E-state index in [1.807, 2.05) is 39.0 Å². The van der Waals surface area contributed by atoms with Crippen molar-refractivity contribution in [1.82, 2.24) is 0 Å². The Balaban J connectivity index is 0.000000312. The molecule has 0 spiro atoms. The van der Waals surface area contributed by atoms with Gasteiger partial charge in [0.15, 0.2) is 5.78 Å². The van der Waals surface area contributed by atoms with Crippen molar-refractivity contribution in [1.29, 1.82) is 0 Å². The molecule has 3 nitrogen and oxygen atoms in total. The Morgan fingerprint density at radius 1 is 0.902 bits per heavy atom. The van der Waals surface area contributed by atoms with Crippen LogP contribution in [0.25, 0.3) is 42.2 Å². The summed E-state index contributed by atoms with van der Waals surface area (Å²) in [5.74, 6) is 1.27. The Hall–Kier alpha value is -3.11. The molecular weight excluding hydrogens is 823 g/mol. The summed E-state index contributed by atoms with van der Waals surface area (Å²) in [6.07, 6.45) is 12.4. The van der Waals surface area contributed by atoms with Gasteiger partial charge in [-0.15, -0.1) is 34.4 Å². The SMILES string of the molecule is CCC(CC)C(=O)/C=C(\O)C(CC)CC.[CH2-]c1c(-c2c3sc4c(C)c(C5CCCC5)ccc4c3cc[n+]2[CH2-])cc(C(C)(C)C)c2ccccc12.[Ir]. The van der Waals surface area contributed by atoms with Gasteiger partial charge in [0.2, 0.25) is 0 Å². The number of hydrogen-bond donors (Lipinski definition) is 1. The summed E-state index contributed by atoms with van der Waals surface area (Å²) in [4.78, 5) is 11.7. The first kappa shape index (κ1) is 40.7. The molecule has 1 N–H and O–H groups in total. The van der Waals surface area contributed by atoms with E-state index in [0.717, 1.165) is 37.2 Å². The fourth-order valence-corrected chi connectivity index (χ4v) is 9.42. The van der Waals surface area contributed by atoms with E-state index in [4.69, 9.17) is 0 Å². The molecule has 1 saturated carbocycles. The van der Waals surface area contributed by atoms with E-state index in [0.29, 0.717) is 0 Å². The van der Waals surface area contributed by atoms with Crippen LogP contribution in [0, 0.1) is 32.7 Å². The number of aliphatic hydroxyl groups excluding tert-OH is 1. The second kappa shape index (κ2) is 17.1. The third-order valence-electron chi connectivity index (χ3n) is 11.2. The van der Waals surface area contributed by atoms with E-state index in [1.54, 1.807) is 5.56 Å². The van der Waals surface area contributed by atoms with E-state index in [9.17, 15) is 9.90 Å². The molecule has 1 aliphatic rings. The van der Waals surface area contributed by atoms with Crippen LogP contribution in [-0.4, -0.2) is 10.9 Å². The van der Waals surface area contributed by atoms with Crippen molar-refractivity contribution >= 4 is 48.1 Å². The maximum absolute atomic E-state index is 11.7. The molecule has 2 aromatic heterocycles. The van der Waals surface area contributed by atoms with Gasteiger partial charge in [0, 0.05) is 54.5 Å². The Morgan fingerprint density at radius 3 is 2.08 bits per heavy atom. The van der Waals surface area contributed by atoms with Crippen LogP contribution in [0.1, 0.15) is 128 Å². The first-order valence-electron chi connectivity index (χ1n) is 18.9. The average molecular weight is 881 g/mol. The number of allylic oxidation sites excluding steroid dienone is 2. The quantitative estimate of drug-likeness (QED) is 0.0694. The number of thiophene rings is 1. The van der Waals surface area contributed by atoms with Crippen molar-refractivity contribution in [2.24, 2.45) is 11.8 Å². The normalized spacial score (nSPS) is 14.0. The van der Waals surface area contributed by atoms with Gasteiger partial charge in [-0.05, 0) is 84.7 Å². The Bertz CT molecular complexity index is 2020. The van der Waals surface area contributed by atoms with Crippen LogP contribution in [-0.2, 0) is 30.3 Å². The minimum absolute atomic E-state index is 0. The molecule has 3 aromatic carbocycles. The molecule has 51 heavy (non-hydrogen) atoms. The van der Waals surface area contributed by atoms with Crippen LogP contribution in [0.3, 0.4) is 0 Å². The molecule has 275 valence electrons. The largest absolute Gasteiger partial charge is 0.512 e. The minimum atomic E-state index is 0.